The van der Waals surface area contributed by atoms with E-state index in [1.165, 1.54) is 5.56 Å². The second-order valence-electron chi connectivity index (χ2n) is 5.64. The van der Waals surface area contributed by atoms with E-state index in [-0.39, 0.29) is 24.0 Å². The van der Waals surface area contributed by atoms with E-state index < -0.39 is 0 Å². The summed E-state index contributed by atoms with van der Waals surface area (Å²) in [4.78, 5) is 4.23. The number of guanidine groups is 1. The average molecular weight is 469 g/mol. The molecule has 2 aromatic carbocycles. The first kappa shape index (κ1) is 22.1. The Morgan fingerprint density at radius 1 is 1.00 bits per heavy atom. The number of para-hydroxylation sites is 1. The van der Waals surface area contributed by atoms with Crippen LogP contribution in [0.1, 0.15) is 11.1 Å². The highest BCUT2D eigenvalue weighted by Crippen LogP contribution is 2.15. The highest BCUT2D eigenvalue weighted by atomic mass is 127. The Morgan fingerprint density at radius 3 is 2.35 bits per heavy atom. The lowest BCUT2D eigenvalue weighted by molar-refractivity contribution is 0.320. The minimum atomic E-state index is 0. The molecule has 0 heterocycles. The molecule has 0 atom stereocenters. The molecule has 2 aromatic rings. The molecule has 2 rings (SSSR count). The van der Waals surface area contributed by atoms with Crippen LogP contribution in [0.4, 0.5) is 0 Å². The SMILES string of the molecule is CN=C(NCCOc1ccccc1C)NCCc1ccc(OC)cc1.I. The summed E-state index contributed by atoms with van der Waals surface area (Å²) in [5.74, 6) is 2.58. The van der Waals surface area contributed by atoms with Gasteiger partial charge in [0.25, 0.3) is 0 Å². The Bertz CT molecular complexity index is 675. The lowest BCUT2D eigenvalue weighted by atomic mass is 10.1. The van der Waals surface area contributed by atoms with Crippen molar-refractivity contribution >= 4 is 29.9 Å². The van der Waals surface area contributed by atoms with Gasteiger partial charge < -0.3 is 20.1 Å². The molecule has 0 saturated carbocycles. The number of nitrogens with one attached hydrogen (secondary N) is 2. The van der Waals surface area contributed by atoms with Crippen molar-refractivity contribution < 1.29 is 9.47 Å². The first-order chi connectivity index (χ1) is 12.2. The highest BCUT2D eigenvalue weighted by Gasteiger charge is 2.00. The molecule has 0 spiro atoms. The van der Waals surface area contributed by atoms with Crippen LogP contribution in [0.25, 0.3) is 0 Å². The maximum absolute atomic E-state index is 5.77. The number of hydrogen-bond donors (Lipinski definition) is 2. The minimum Gasteiger partial charge on any atom is -0.497 e. The lowest BCUT2D eigenvalue weighted by Crippen LogP contribution is -2.40. The molecule has 0 aliphatic rings. The van der Waals surface area contributed by atoms with E-state index in [1.807, 2.05) is 43.3 Å². The molecule has 5 nitrogen and oxygen atoms in total. The van der Waals surface area contributed by atoms with Gasteiger partial charge in [0, 0.05) is 13.6 Å². The fourth-order valence-electron chi connectivity index (χ4n) is 2.39. The topological polar surface area (TPSA) is 54.9 Å². The number of aryl methyl sites for hydroxylation is 1. The summed E-state index contributed by atoms with van der Waals surface area (Å²) in [6, 6.07) is 16.1. The van der Waals surface area contributed by atoms with Crippen molar-refractivity contribution in [2.24, 2.45) is 4.99 Å². The molecule has 6 heteroatoms. The van der Waals surface area contributed by atoms with Gasteiger partial charge >= 0.3 is 0 Å². The van der Waals surface area contributed by atoms with Gasteiger partial charge in [-0.25, -0.2) is 0 Å². The van der Waals surface area contributed by atoms with Crippen LogP contribution in [0.3, 0.4) is 0 Å². The molecule has 0 bridgehead atoms. The number of methoxy groups -OCH3 is 1. The van der Waals surface area contributed by atoms with E-state index >= 15 is 0 Å². The van der Waals surface area contributed by atoms with Gasteiger partial charge in [-0.3, -0.25) is 4.99 Å². The number of hydrogen-bond acceptors (Lipinski definition) is 3. The van der Waals surface area contributed by atoms with Crippen molar-refractivity contribution in [2.45, 2.75) is 13.3 Å². The van der Waals surface area contributed by atoms with Crippen LogP contribution >= 0.6 is 24.0 Å². The summed E-state index contributed by atoms with van der Waals surface area (Å²) in [5, 5.41) is 6.57. The Morgan fingerprint density at radius 2 is 1.69 bits per heavy atom. The predicted molar refractivity (Wildman–Crippen MR) is 118 cm³/mol. The van der Waals surface area contributed by atoms with E-state index in [1.54, 1.807) is 14.2 Å². The summed E-state index contributed by atoms with van der Waals surface area (Å²) in [5.41, 5.74) is 2.40. The normalized spacial score (nSPS) is 10.7. The van der Waals surface area contributed by atoms with E-state index in [0.29, 0.717) is 13.2 Å². The third-order valence-corrected chi connectivity index (χ3v) is 3.83. The highest BCUT2D eigenvalue weighted by molar-refractivity contribution is 14.0. The first-order valence-electron chi connectivity index (χ1n) is 8.49. The average Bonchev–Trinajstić information content (AvgIpc) is 2.65. The fraction of sp³-hybridized carbons (Fsp3) is 0.350. The van der Waals surface area contributed by atoms with Crippen molar-refractivity contribution in [2.75, 3.05) is 33.9 Å². The summed E-state index contributed by atoms with van der Waals surface area (Å²) in [6.07, 6.45) is 0.921. The van der Waals surface area contributed by atoms with Crippen LogP contribution in [0.5, 0.6) is 11.5 Å². The van der Waals surface area contributed by atoms with Crippen LogP contribution in [0.15, 0.2) is 53.5 Å². The Hall–Kier alpha value is -1.96. The predicted octanol–water partition coefficient (Wildman–Crippen LogP) is 3.41. The molecule has 0 aliphatic heterocycles. The van der Waals surface area contributed by atoms with Gasteiger partial charge in [0.05, 0.1) is 13.7 Å². The summed E-state index contributed by atoms with van der Waals surface area (Å²) < 4.78 is 10.9. The second-order valence-corrected chi connectivity index (χ2v) is 5.64. The number of rotatable bonds is 8. The van der Waals surface area contributed by atoms with Gasteiger partial charge in [-0.15, -0.1) is 24.0 Å². The number of ether oxygens (including phenoxy) is 2. The van der Waals surface area contributed by atoms with E-state index in [0.717, 1.165) is 36.0 Å². The van der Waals surface area contributed by atoms with Crippen LogP contribution in [-0.4, -0.2) is 39.8 Å². The molecule has 0 aliphatic carbocycles. The van der Waals surface area contributed by atoms with Crippen molar-refractivity contribution in [3.63, 3.8) is 0 Å². The van der Waals surface area contributed by atoms with E-state index in [2.05, 4.69) is 27.8 Å². The van der Waals surface area contributed by atoms with E-state index in [4.69, 9.17) is 9.47 Å². The monoisotopic (exact) mass is 469 g/mol. The number of benzene rings is 2. The quantitative estimate of drug-likeness (QED) is 0.269. The van der Waals surface area contributed by atoms with Gasteiger partial charge in [0.1, 0.15) is 18.1 Å². The summed E-state index contributed by atoms with van der Waals surface area (Å²) in [7, 11) is 3.44. The minimum absolute atomic E-state index is 0. The summed E-state index contributed by atoms with van der Waals surface area (Å²) >= 11 is 0. The third kappa shape index (κ3) is 7.51. The Kier molecular flexibility index (Phi) is 10.5. The van der Waals surface area contributed by atoms with Crippen LogP contribution in [0, 0.1) is 6.92 Å². The van der Waals surface area contributed by atoms with Gasteiger partial charge in [0.2, 0.25) is 0 Å². The molecule has 0 amide bonds. The molecular formula is C20H28IN3O2. The standard InChI is InChI=1S/C20H27N3O2.HI/c1-16-6-4-5-7-19(16)25-15-14-23-20(21-2)22-13-12-17-8-10-18(24-3)11-9-17;/h4-11H,12-15H2,1-3H3,(H2,21,22,23);1H. The van der Waals surface area contributed by atoms with Crippen LogP contribution in [-0.2, 0) is 6.42 Å². The molecule has 26 heavy (non-hydrogen) atoms. The van der Waals surface area contributed by atoms with Gasteiger partial charge in [-0.1, -0.05) is 30.3 Å². The summed E-state index contributed by atoms with van der Waals surface area (Å²) in [6.45, 7) is 4.13. The Labute approximate surface area is 173 Å². The van der Waals surface area contributed by atoms with Crippen molar-refractivity contribution in [1.82, 2.24) is 10.6 Å². The van der Waals surface area contributed by atoms with Gasteiger partial charge in [0.15, 0.2) is 5.96 Å². The molecular weight excluding hydrogens is 441 g/mol. The van der Waals surface area contributed by atoms with Crippen molar-refractivity contribution in [3.8, 4) is 11.5 Å². The molecule has 0 radical (unpaired) electrons. The van der Waals surface area contributed by atoms with Gasteiger partial charge in [-0.2, -0.15) is 0 Å². The molecule has 0 fully saturated rings. The first-order valence-corrected chi connectivity index (χ1v) is 8.49. The maximum atomic E-state index is 5.77. The fourth-order valence-corrected chi connectivity index (χ4v) is 2.39. The number of aliphatic imine (C=N–C) groups is 1. The second kappa shape index (κ2) is 12.4. The third-order valence-electron chi connectivity index (χ3n) is 3.83. The maximum Gasteiger partial charge on any atom is 0.191 e. The molecule has 2 N–H and O–H groups in total. The molecule has 0 saturated heterocycles. The number of halogens is 1. The Balaban J connectivity index is 0.00000338. The zero-order valence-electron chi connectivity index (χ0n) is 15.6. The van der Waals surface area contributed by atoms with Gasteiger partial charge in [-0.05, 0) is 42.7 Å². The molecule has 142 valence electrons. The molecule has 0 aromatic heterocycles. The largest absolute Gasteiger partial charge is 0.497 e. The van der Waals surface area contributed by atoms with Crippen LogP contribution in [0.2, 0.25) is 0 Å². The van der Waals surface area contributed by atoms with Crippen LogP contribution < -0.4 is 20.1 Å². The van der Waals surface area contributed by atoms with Crippen molar-refractivity contribution in [3.05, 3.63) is 59.7 Å². The molecule has 0 unspecified atom stereocenters. The number of nitrogens with zero attached hydrogens (tertiary/aromatic N) is 1. The van der Waals surface area contributed by atoms with Crippen molar-refractivity contribution in [1.29, 1.82) is 0 Å². The zero-order chi connectivity index (χ0) is 17.9. The smallest absolute Gasteiger partial charge is 0.191 e. The lowest BCUT2D eigenvalue weighted by Gasteiger charge is -2.13. The zero-order valence-corrected chi connectivity index (χ0v) is 17.9. The van der Waals surface area contributed by atoms with E-state index in [9.17, 15) is 0 Å².